The molecule has 0 saturated heterocycles. The monoisotopic (exact) mass is 412 g/mol. The van der Waals surface area contributed by atoms with Crippen LogP contribution in [0.25, 0.3) is 10.8 Å². The molecule has 1 aromatic carbocycles. The van der Waals surface area contributed by atoms with Gasteiger partial charge in [0, 0.05) is 11.3 Å². The number of carbonyl (C=O) groups is 2. The summed E-state index contributed by atoms with van der Waals surface area (Å²) in [6.45, 7) is 6.49. The molecule has 0 saturated carbocycles. The van der Waals surface area contributed by atoms with E-state index in [2.05, 4.69) is 22.4 Å². The minimum atomic E-state index is -0.409. The largest absolute Gasteiger partial charge is 0.419 e. The van der Waals surface area contributed by atoms with E-state index >= 15 is 0 Å². The second-order valence-corrected chi connectivity index (χ2v) is 7.70. The van der Waals surface area contributed by atoms with Crippen molar-refractivity contribution >= 4 is 28.7 Å². The molecule has 2 heterocycles. The zero-order valence-corrected chi connectivity index (χ0v) is 17.5. The maximum Gasteiger partial charge on any atom is 0.257 e. The molecule has 0 radical (unpaired) electrons. The highest BCUT2D eigenvalue weighted by atomic mass is 32.1. The highest BCUT2D eigenvalue weighted by molar-refractivity contribution is 7.13. The average Bonchev–Trinajstić information content (AvgIpc) is 3.39. The number of carbonyl (C=O) groups excluding carboxylic acids is 2. The molecule has 0 fully saturated rings. The fraction of sp³-hybridized carbons (Fsp3) is 0.333. The van der Waals surface area contributed by atoms with E-state index in [-0.39, 0.29) is 11.7 Å². The van der Waals surface area contributed by atoms with Crippen LogP contribution in [-0.4, -0.2) is 39.4 Å². The number of amides is 1. The molecule has 0 bridgehead atoms. The van der Waals surface area contributed by atoms with Crippen LogP contribution in [0.4, 0.5) is 5.69 Å². The summed E-state index contributed by atoms with van der Waals surface area (Å²) in [5.41, 5.74) is 1.16. The van der Waals surface area contributed by atoms with Crippen molar-refractivity contribution in [2.24, 2.45) is 0 Å². The highest BCUT2D eigenvalue weighted by Gasteiger charge is 2.23. The number of nitrogens with zero attached hydrogens (tertiary/aromatic N) is 3. The molecular formula is C21H24N4O3S. The van der Waals surface area contributed by atoms with Crippen molar-refractivity contribution in [2.75, 3.05) is 11.9 Å². The van der Waals surface area contributed by atoms with Crippen molar-refractivity contribution in [3.05, 3.63) is 53.2 Å². The Morgan fingerprint density at radius 2 is 2.07 bits per heavy atom. The van der Waals surface area contributed by atoms with Crippen molar-refractivity contribution in [3.63, 3.8) is 0 Å². The normalized spacial score (nSPS) is 12.1. The number of hydrogen-bond donors (Lipinski definition) is 1. The van der Waals surface area contributed by atoms with Gasteiger partial charge in [0.05, 0.1) is 17.5 Å². The van der Waals surface area contributed by atoms with Crippen LogP contribution in [0.5, 0.6) is 0 Å². The van der Waals surface area contributed by atoms with Gasteiger partial charge in [0.1, 0.15) is 0 Å². The molecular weight excluding hydrogens is 388 g/mol. The number of anilines is 1. The summed E-state index contributed by atoms with van der Waals surface area (Å²) in [6.07, 6.45) is 0.878. The Morgan fingerprint density at radius 3 is 2.76 bits per heavy atom. The molecule has 0 aliphatic rings. The molecule has 2 aromatic heterocycles. The summed E-state index contributed by atoms with van der Waals surface area (Å²) in [6, 6.07) is 10.4. The SMILES string of the molecule is CCCN(Cc1nnc(-c2cccs2)o1)[C@H](C)C(=O)Nc1cccc(C(C)=O)c1. The summed E-state index contributed by atoms with van der Waals surface area (Å²) in [5, 5.41) is 13.1. The lowest BCUT2D eigenvalue weighted by atomic mass is 10.1. The number of benzene rings is 1. The number of nitrogens with one attached hydrogen (secondary N) is 1. The fourth-order valence-electron chi connectivity index (χ4n) is 2.92. The fourth-order valence-corrected chi connectivity index (χ4v) is 3.56. The van der Waals surface area contributed by atoms with Gasteiger partial charge < -0.3 is 9.73 Å². The standard InChI is InChI=1S/C21H24N4O3S/c1-4-10-25(13-19-23-24-21(28-19)18-9-6-11-29-18)14(2)20(27)22-17-8-5-7-16(12-17)15(3)26/h5-9,11-12,14H,4,10,13H2,1-3H3,(H,22,27)/t14-/m1/s1. The zero-order valence-electron chi connectivity index (χ0n) is 16.7. The lowest BCUT2D eigenvalue weighted by Crippen LogP contribution is -2.42. The van der Waals surface area contributed by atoms with Crippen LogP contribution in [0.3, 0.4) is 0 Å². The van der Waals surface area contributed by atoms with Crippen molar-refractivity contribution in [1.29, 1.82) is 0 Å². The van der Waals surface area contributed by atoms with E-state index in [4.69, 9.17) is 4.42 Å². The van der Waals surface area contributed by atoms with E-state index in [0.29, 0.717) is 36.1 Å². The molecule has 8 heteroatoms. The number of Topliss-reactive ketones (excluding diaryl/α,β-unsaturated/α-hetero) is 1. The van der Waals surface area contributed by atoms with Crippen LogP contribution in [0.15, 0.2) is 46.2 Å². The summed E-state index contributed by atoms with van der Waals surface area (Å²) in [7, 11) is 0. The number of hydrogen-bond acceptors (Lipinski definition) is 7. The first-order chi connectivity index (χ1) is 14.0. The lowest BCUT2D eigenvalue weighted by Gasteiger charge is -2.26. The average molecular weight is 413 g/mol. The van der Waals surface area contributed by atoms with Gasteiger partial charge in [-0.3, -0.25) is 14.5 Å². The first kappa shape index (κ1) is 20.9. The lowest BCUT2D eigenvalue weighted by molar-refractivity contribution is -0.121. The van der Waals surface area contributed by atoms with Gasteiger partial charge in [-0.1, -0.05) is 25.1 Å². The second kappa shape index (κ2) is 9.58. The van der Waals surface area contributed by atoms with Crippen LogP contribution in [0.2, 0.25) is 0 Å². The van der Waals surface area contributed by atoms with E-state index in [0.717, 1.165) is 11.3 Å². The third-order valence-corrected chi connectivity index (χ3v) is 5.37. The van der Waals surface area contributed by atoms with Crippen molar-refractivity contribution < 1.29 is 14.0 Å². The smallest absolute Gasteiger partial charge is 0.257 e. The minimum absolute atomic E-state index is 0.0419. The summed E-state index contributed by atoms with van der Waals surface area (Å²) < 4.78 is 5.77. The molecule has 1 atom stereocenters. The van der Waals surface area contributed by atoms with E-state index in [1.807, 2.05) is 29.3 Å². The quantitative estimate of drug-likeness (QED) is 0.529. The van der Waals surface area contributed by atoms with Crippen LogP contribution in [-0.2, 0) is 11.3 Å². The molecule has 1 amide bonds. The highest BCUT2D eigenvalue weighted by Crippen LogP contribution is 2.23. The Kier molecular flexibility index (Phi) is 6.90. The van der Waals surface area contributed by atoms with E-state index in [9.17, 15) is 9.59 Å². The van der Waals surface area contributed by atoms with Crippen LogP contribution in [0.1, 0.15) is 43.4 Å². The summed E-state index contributed by atoms with van der Waals surface area (Å²) >= 11 is 1.54. The van der Waals surface area contributed by atoms with Crippen LogP contribution < -0.4 is 5.32 Å². The maximum atomic E-state index is 12.8. The van der Waals surface area contributed by atoms with Crippen molar-refractivity contribution in [3.8, 4) is 10.8 Å². The third kappa shape index (κ3) is 5.36. The molecule has 152 valence electrons. The Bertz CT molecular complexity index is 968. The predicted molar refractivity (Wildman–Crippen MR) is 113 cm³/mol. The van der Waals surface area contributed by atoms with Gasteiger partial charge in [-0.15, -0.1) is 21.5 Å². The van der Waals surface area contributed by atoms with Crippen LogP contribution >= 0.6 is 11.3 Å². The second-order valence-electron chi connectivity index (χ2n) is 6.75. The zero-order chi connectivity index (χ0) is 20.8. The van der Waals surface area contributed by atoms with Gasteiger partial charge in [0.25, 0.3) is 5.89 Å². The predicted octanol–water partition coefficient (Wildman–Crippen LogP) is 4.24. The summed E-state index contributed by atoms with van der Waals surface area (Å²) in [4.78, 5) is 27.3. The van der Waals surface area contributed by atoms with E-state index in [1.165, 1.54) is 18.3 Å². The van der Waals surface area contributed by atoms with Crippen molar-refractivity contribution in [1.82, 2.24) is 15.1 Å². The molecule has 29 heavy (non-hydrogen) atoms. The van der Waals surface area contributed by atoms with Gasteiger partial charge in [-0.25, -0.2) is 0 Å². The van der Waals surface area contributed by atoms with Gasteiger partial charge >= 0.3 is 0 Å². The Hall–Kier alpha value is -2.84. The van der Waals surface area contributed by atoms with Gasteiger partial charge in [-0.2, -0.15) is 0 Å². The topological polar surface area (TPSA) is 88.3 Å². The Labute approximate surface area is 173 Å². The third-order valence-electron chi connectivity index (χ3n) is 4.51. The van der Waals surface area contributed by atoms with Gasteiger partial charge in [0.2, 0.25) is 11.8 Å². The molecule has 0 spiro atoms. The summed E-state index contributed by atoms with van der Waals surface area (Å²) in [5.74, 6) is 0.765. The number of rotatable bonds is 9. The van der Waals surface area contributed by atoms with Gasteiger partial charge in [-0.05, 0) is 50.4 Å². The van der Waals surface area contributed by atoms with Crippen LogP contribution in [0, 0.1) is 0 Å². The molecule has 0 aliphatic carbocycles. The molecule has 7 nitrogen and oxygen atoms in total. The Morgan fingerprint density at radius 1 is 1.24 bits per heavy atom. The minimum Gasteiger partial charge on any atom is -0.419 e. The van der Waals surface area contributed by atoms with E-state index in [1.54, 1.807) is 24.3 Å². The molecule has 0 unspecified atom stereocenters. The van der Waals surface area contributed by atoms with E-state index < -0.39 is 6.04 Å². The Balaban J connectivity index is 1.68. The molecule has 3 rings (SSSR count). The van der Waals surface area contributed by atoms with Crippen molar-refractivity contribution in [2.45, 2.75) is 39.8 Å². The molecule has 0 aliphatic heterocycles. The van der Waals surface area contributed by atoms with Gasteiger partial charge in [0.15, 0.2) is 5.78 Å². The molecule has 3 aromatic rings. The number of thiophene rings is 1. The molecule has 1 N–H and O–H groups in total. The first-order valence-electron chi connectivity index (χ1n) is 9.50. The maximum absolute atomic E-state index is 12.8. The first-order valence-corrected chi connectivity index (χ1v) is 10.4. The number of ketones is 1. The number of aromatic nitrogens is 2.